The zero-order valence-corrected chi connectivity index (χ0v) is 18.0. The minimum atomic E-state index is -0.351. The normalized spacial score (nSPS) is 15.8. The lowest BCUT2D eigenvalue weighted by atomic mass is 10.2. The number of urea groups is 1. The van der Waals surface area contributed by atoms with Crippen LogP contribution in [0.15, 0.2) is 48.5 Å². The van der Waals surface area contributed by atoms with Crippen LogP contribution in [0.2, 0.25) is 10.0 Å². The van der Waals surface area contributed by atoms with Gasteiger partial charge in [-0.15, -0.1) is 10.2 Å². The van der Waals surface area contributed by atoms with Crippen molar-refractivity contribution in [2.45, 2.75) is 18.9 Å². The average Bonchev–Trinajstić information content (AvgIpc) is 3.40. The average molecular weight is 462 g/mol. The van der Waals surface area contributed by atoms with Crippen LogP contribution >= 0.6 is 34.5 Å². The van der Waals surface area contributed by atoms with Crippen LogP contribution in [-0.4, -0.2) is 33.6 Å². The van der Waals surface area contributed by atoms with Crippen LogP contribution in [0.5, 0.6) is 0 Å². The fraction of sp³-hybridized carbons (Fsp3) is 0.200. The standard InChI is InChI=1S/C20H17Cl2N5O2S/c21-12-3-7-14(8-4-12)23-17(28)19-26-25-18(30-19)16-2-1-11-27(16)20(29)24-15-9-5-13(22)6-10-15/h3-10,16H,1-2,11H2,(H,23,28)(H,24,29)/t16-/m0/s1. The van der Waals surface area contributed by atoms with E-state index in [0.717, 1.165) is 12.8 Å². The number of aromatic nitrogens is 2. The minimum Gasteiger partial charge on any atom is -0.320 e. The van der Waals surface area contributed by atoms with Crippen molar-refractivity contribution in [2.24, 2.45) is 0 Å². The lowest BCUT2D eigenvalue weighted by Gasteiger charge is -2.23. The maximum atomic E-state index is 12.7. The fourth-order valence-electron chi connectivity index (χ4n) is 3.17. The maximum absolute atomic E-state index is 12.7. The van der Waals surface area contributed by atoms with Crippen LogP contribution in [0.25, 0.3) is 0 Å². The number of nitrogens with one attached hydrogen (secondary N) is 2. The Balaban J connectivity index is 1.43. The Morgan fingerprint density at radius 2 is 1.53 bits per heavy atom. The molecule has 1 fully saturated rings. The van der Waals surface area contributed by atoms with E-state index in [-0.39, 0.29) is 23.0 Å². The summed E-state index contributed by atoms with van der Waals surface area (Å²) >= 11 is 12.9. The van der Waals surface area contributed by atoms with E-state index < -0.39 is 0 Å². The van der Waals surface area contributed by atoms with Crippen LogP contribution in [0, 0.1) is 0 Å². The van der Waals surface area contributed by atoms with Gasteiger partial charge < -0.3 is 15.5 Å². The van der Waals surface area contributed by atoms with Crippen molar-refractivity contribution in [3.05, 3.63) is 68.6 Å². The Bertz CT molecular complexity index is 1060. The van der Waals surface area contributed by atoms with Crippen LogP contribution < -0.4 is 10.6 Å². The molecule has 154 valence electrons. The molecule has 1 atom stereocenters. The summed E-state index contributed by atoms with van der Waals surface area (Å²) in [6.45, 7) is 0.607. The molecule has 3 amide bonds. The molecule has 3 aromatic rings. The Labute approximate surface area is 187 Å². The Morgan fingerprint density at radius 1 is 0.933 bits per heavy atom. The summed E-state index contributed by atoms with van der Waals surface area (Å²) in [6.07, 6.45) is 1.62. The quantitative estimate of drug-likeness (QED) is 0.539. The molecule has 10 heteroatoms. The number of nitrogens with zero attached hydrogens (tertiary/aromatic N) is 3. The molecule has 2 heterocycles. The number of halogens is 2. The minimum absolute atomic E-state index is 0.216. The van der Waals surface area contributed by atoms with Gasteiger partial charge in [0, 0.05) is 28.0 Å². The third-order valence-electron chi connectivity index (χ3n) is 4.63. The molecule has 0 saturated carbocycles. The summed E-state index contributed by atoms with van der Waals surface area (Å²) in [5.41, 5.74) is 1.28. The molecule has 0 radical (unpaired) electrons. The largest absolute Gasteiger partial charge is 0.322 e. The zero-order chi connectivity index (χ0) is 21.1. The molecule has 1 aliphatic heterocycles. The van der Waals surface area contributed by atoms with E-state index in [1.54, 1.807) is 53.4 Å². The van der Waals surface area contributed by atoms with Crippen molar-refractivity contribution in [3.63, 3.8) is 0 Å². The highest BCUT2D eigenvalue weighted by atomic mass is 35.5. The lowest BCUT2D eigenvalue weighted by molar-refractivity contribution is 0.102. The number of hydrogen-bond donors (Lipinski definition) is 2. The van der Waals surface area contributed by atoms with Gasteiger partial charge in [-0.25, -0.2) is 4.79 Å². The number of benzene rings is 2. The van der Waals surface area contributed by atoms with Crippen LogP contribution in [-0.2, 0) is 0 Å². The third-order valence-corrected chi connectivity index (χ3v) is 6.16. The number of anilines is 2. The first-order chi connectivity index (χ1) is 14.5. The van der Waals surface area contributed by atoms with Gasteiger partial charge in [-0.2, -0.15) is 0 Å². The summed E-state index contributed by atoms with van der Waals surface area (Å²) < 4.78 is 0. The maximum Gasteiger partial charge on any atom is 0.322 e. The van der Waals surface area contributed by atoms with Crippen molar-refractivity contribution in [3.8, 4) is 0 Å². The van der Waals surface area contributed by atoms with Gasteiger partial charge in [0.05, 0.1) is 6.04 Å². The number of amides is 3. The molecule has 0 spiro atoms. The molecule has 1 aromatic heterocycles. The SMILES string of the molecule is O=C(Nc1ccc(Cl)cc1)c1nnc([C@@H]2CCCN2C(=O)Nc2ccc(Cl)cc2)s1. The molecular weight excluding hydrogens is 445 g/mol. The molecule has 2 aromatic carbocycles. The highest BCUT2D eigenvalue weighted by Crippen LogP contribution is 2.34. The first kappa shape index (κ1) is 20.6. The number of likely N-dealkylation sites (tertiary alicyclic amines) is 1. The molecular formula is C20H17Cl2N5O2S. The van der Waals surface area contributed by atoms with Gasteiger partial charge in [0.15, 0.2) is 0 Å². The van der Waals surface area contributed by atoms with Crippen molar-refractivity contribution in [1.29, 1.82) is 0 Å². The first-order valence-corrected chi connectivity index (χ1v) is 10.8. The van der Waals surface area contributed by atoms with Crippen LogP contribution in [0.1, 0.15) is 33.7 Å². The fourth-order valence-corrected chi connectivity index (χ4v) is 4.31. The molecule has 0 aliphatic carbocycles. The Morgan fingerprint density at radius 3 is 2.17 bits per heavy atom. The predicted molar refractivity (Wildman–Crippen MR) is 118 cm³/mol. The lowest BCUT2D eigenvalue weighted by Crippen LogP contribution is -2.34. The molecule has 1 aliphatic rings. The summed E-state index contributed by atoms with van der Waals surface area (Å²) in [5.74, 6) is -0.351. The third kappa shape index (κ3) is 4.72. The second kappa shape index (κ2) is 8.99. The van der Waals surface area contributed by atoms with Gasteiger partial charge in [0.2, 0.25) is 5.01 Å². The smallest absolute Gasteiger partial charge is 0.320 e. The van der Waals surface area contributed by atoms with E-state index in [0.29, 0.717) is 33.0 Å². The van der Waals surface area contributed by atoms with Gasteiger partial charge in [-0.3, -0.25) is 4.79 Å². The molecule has 30 heavy (non-hydrogen) atoms. The van der Waals surface area contributed by atoms with Gasteiger partial charge >= 0.3 is 6.03 Å². The molecule has 0 unspecified atom stereocenters. The van der Waals surface area contributed by atoms with E-state index in [1.807, 2.05) is 0 Å². The van der Waals surface area contributed by atoms with Crippen molar-refractivity contribution in [1.82, 2.24) is 15.1 Å². The monoisotopic (exact) mass is 461 g/mol. The topological polar surface area (TPSA) is 87.2 Å². The van der Waals surface area contributed by atoms with Gasteiger partial charge in [-0.1, -0.05) is 34.5 Å². The summed E-state index contributed by atoms with van der Waals surface area (Å²) in [5, 5.41) is 15.9. The van der Waals surface area contributed by atoms with E-state index in [2.05, 4.69) is 20.8 Å². The Kier molecular flexibility index (Phi) is 6.17. The number of hydrogen-bond acceptors (Lipinski definition) is 5. The van der Waals surface area contributed by atoms with Crippen molar-refractivity contribution < 1.29 is 9.59 Å². The van der Waals surface area contributed by atoms with Crippen molar-refractivity contribution >= 4 is 57.9 Å². The van der Waals surface area contributed by atoms with Crippen LogP contribution in [0.3, 0.4) is 0 Å². The summed E-state index contributed by atoms with van der Waals surface area (Å²) in [6, 6.07) is 13.3. The highest BCUT2D eigenvalue weighted by molar-refractivity contribution is 7.13. The predicted octanol–water partition coefficient (Wildman–Crippen LogP) is 5.47. The van der Waals surface area contributed by atoms with E-state index in [4.69, 9.17) is 23.2 Å². The zero-order valence-electron chi connectivity index (χ0n) is 15.6. The number of rotatable bonds is 4. The molecule has 0 bridgehead atoms. The Hall–Kier alpha value is -2.68. The van der Waals surface area contributed by atoms with E-state index in [9.17, 15) is 9.59 Å². The van der Waals surface area contributed by atoms with E-state index >= 15 is 0 Å². The highest BCUT2D eigenvalue weighted by Gasteiger charge is 2.33. The molecule has 4 rings (SSSR count). The molecule has 7 nitrogen and oxygen atoms in total. The van der Waals surface area contributed by atoms with Crippen molar-refractivity contribution in [2.75, 3.05) is 17.2 Å². The number of carbonyl (C=O) groups is 2. The van der Waals surface area contributed by atoms with Crippen LogP contribution in [0.4, 0.5) is 16.2 Å². The van der Waals surface area contributed by atoms with Gasteiger partial charge in [0.25, 0.3) is 5.91 Å². The summed E-state index contributed by atoms with van der Waals surface area (Å²) in [7, 11) is 0. The number of carbonyl (C=O) groups excluding carboxylic acids is 2. The second-order valence-electron chi connectivity index (χ2n) is 6.69. The van der Waals surface area contributed by atoms with Gasteiger partial charge in [-0.05, 0) is 61.4 Å². The summed E-state index contributed by atoms with van der Waals surface area (Å²) in [4.78, 5) is 26.9. The van der Waals surface area contributed by atoms with E-state index in [1.165, 1.54) is 11.3 Å². The second-order valence-corrected chi connectivity index (χ2v) is 8.58. The molecule has 2 N–H and O–H groups in total. The molecule has 1 saturated heterocycles. The first-order valence-electron chi connectivity index (χ1n) is 9.23. The van der Waals surface area contributed by atoms with Gasteiger partial charge in [0.1, 0.15) is 5.01 Å².